The zero-order valence-corrected chi connectivity index (χ0v) is 10.4. The number of hydrogen-bond donors (Lipinski definition) is 0. The normalized spacial score (nSPS) is 24.1. The molecule has 2 rings (SSSR count). The first-order valence-electron chi connectivity index (χ1n) is 6.23. The van der Waals surface area contributed by atoms with Crippen LogP contribution in [-0.4, -0.2) is 33.3 Å². The lowest BCUT2D eigenvalue weighted by Crippen LogP contribution is -2.28. The molecule has 1 fully saturated rings. The number of aromatic nitrogens is 3. The molecule has 1 aromatic rings. The molecule has 17 heavy (non-hydrogen) atoms. The number of carbonyl (C=O) groups is 1. The molecule has 0 amide bonds. The lowest BCUT2D eigenvalue weighted by Gasteiger charge is -2.13. The standard InChI is InChI=1S/C12H19N3O2/c1-3-5-15-11(13-8-14-15)7-10(16)12-9(2)4-6-17-12/h8-9,12H,3-7H2,1-2H3. The van der Waals surface area contributed by atoms with Gasteiger partial charge in [0, 0.05) is 13.2 Å². The van der Waals surface area contributed by atoms with E-state index < -0.39 is 0 Å². The number of Topliss-reactive ketones (excluding diaryl/α,β-unsaturated/α-hetero) is 1. The SMILES string of the molecule is CCCn1ncnc1CC(=O)C1OCCC1C. The van der Waals surface area contributed by atoms with Crippen LogP contribution in [0.4, 0.5) is 0 Å². The smallest absolute Gasteiger partial charge is 0.169 e. The molecule has 1 aromatic heterocycles. The van der Waals surface area contributed by atoms with Crippen LogP contribution < -0.4 is 0 Å². The number of ether oxygens (including phenoxy) is 1. The van der Waals surface area contributed by atoms with Gasteiger partial charge in [-0.15, -0.1) is 0 Å². The Bertz CT molecular complexity index is 389. The predicted molar refractivity (Wildman–Crippen MR) is 62.5 cm³/mol. The summed E-state index contributed by atoms with van der Waals surface area (Å²) in [5.74, 6) is 1.20. The molecular formula is C12H19N3O2. The Morgan fingerprint density at radius 2 is 2.47 bits per heavy atom. The zero-order chi connectivity index (χ0) is 12.3. The van der Waals surface area contributed by atoms with E-state index in [2.05, 4.69) is 23.9 Å². The summed E-state index contributed by atoms with van der Waals surface area (Å²) in [4.78, 5) is 16.2. The van der Waals surface area contributed by atoms with Gasteiger partial charge >= 0.3 is 0 Å². The van der Waals surface area contributed by atoms with Crippen LogP contribution in [-0.2, 0) is 22.5 Å². The highest BCUT2D eigenvalue weighted by molar-refractivity contribution is 5.85. The third kappa shape index (κ3) is 2.72. The minimum Gasteiger partial charge on any atom is -0.370 e. The molecule has 1 aliphatic rings. The molecule has 2 unspecified atom stereocenters. The van der Waals surface area contributed by atoms with Gasteiger partial charge in [-0.2, -0.15) is 5.10 Å². The fourth-order valence-corrected chi connectivity index (χ4v) is 2.19. The van der Waals surface area contributed by atoms with Gasteiger partial charge in [0.2, 0.25) is 0 Å². The Morgan fingerprint density at radius 1 is 1.65 bits per heavy atom. The number of rotatable bonds is 5. The molecule has 0 aliphatic carbocycles. The average Bonchev–Trinajstić information content (AvgIpc) is 2.89. The van der Waals surface area contributed by atoms with Crippen molar-refractivity contribution in [1.82, 2.24) is 14.8 Å². The summed E-state index contributed by atoms with van der Waals surface area (Å²) in [6, 6.07) is 0. The fraction of sp³-hybridized carbons (Fsp3) is 0.750. The largest absolute Gasteiger partial charge is 0.370 e. The molecule has 0 radical (unpaired) electrons. The Kier molecular flexibility index (Phi) is 3.89. The molecule has 94 valence electrons. The van der Waals surface area contributed by atoms with Gasteiger partial charge in [-0.05, 0) is 18.8 Å². The molecule has 0 N–H and O–H groups in total. The van der Waals surface area contributed by atoms with Crippen molar-refractivity contribution in [2.45, 2.75) is 45.8 Å². The molecule has 2 heterocycles. The van der Waals surface area contributed by atoms with Gasteiger partial charge in [-0.3, -0.25) is 4.79 Å². The van der Waals surface area contributed by atoms with Crippen molar-refractivity contribution < 1.29 is 9.53 Å². The highest BCUT2D eigenvalue weighted by atomic mass is 16.5. The lowest BCUT2D eigenvalue weighted by molar-refractivity contribution is -0.128. The number of ketones is 1. The predicted octanol–water partition coefficient (Wildman–Crippen LogP) is 1.22. The first-order chi connectivity index (χ1) is 8.22. The quantitative estimate of drug-likeness (QED) is 0.772. The number of carbonyl (C=O) groups excluding carboxylic acids is 1. The molecule has 0 saturated carbocycles. The first kappa shape index (κ1) is 12.2. The van der Waals surface area contributed by atoms with Crippen molar-refractivity contribution in [2.75, 3.05) is 6.61 Å². The van der Waals surface area contributed by atoms with Crippen LogP contribution in [0.5, 0.6) is 0 Å². The maximum absolute atomic E-state index is 12.1. The number of hydrogen-bond acceptors (Lipinski definition) is 4. The average molecular weight is 237 g/mol. The van der Waals surface area contributed by atoms with Gasteiger partial charge in [0.25, 0.3) is 0 Å². The van der Waals surface area contributed by atoms with E-state index in [1.54, 1.807) is 4.68 Å². The highest BCUT2D eigenvalue weighted by Crippen LogP contribution is 2.21. The summed E-state index contributed by atoms with van der Waals surface area (Å²) < 4.78 is 7.27. The fourth-order valence-electron chi connectivity index (χ4n) is 2.19. The van der Waals surface area contributed by atoms with Gasteiger partial charge < -0.3 is 4.74 Å². The van der Waals surface area contributed by atoms with Gasteiger partial charge in [0.15, 0.2) is 5.78 Å². The van der Waals surface area contributed by atoms with Crippen molar-refractivity contribution in [2.24, 2.45) is 5.92 Å². The van der Waals surface area contributed by atoms with Crippen molar-refractivity contribution in [3.05, 3.63) is 12.2 Å². The van der Waals surface area contributed by atoms with Crippen LogP contribution in [0.15, 0.2) is 6.33 Å². The molecule has 0 bridgehead atoms. The van der Waals surface area contributed by atoms with Crippen LogP contribution in [0.2, 0.25) is 0 Å². The van der Waals surface area contributed by atoms with E-state index in [-0.39, 0.29) is 11.9 Å². The second-order valence-electron chi connectivity index (χ2n) is 4.60. The summed E-state index contributed by atoms with van der Waals surface area (Å²) in [5, 5.41) is 4.12. The third-order valence-electron chi connectivity index (χ3n) is 3.17. The van der Waals surface area contributed by atoms with Gasteiger partial charge in [-0.1, -0.05) is 13.8 Å². The topological polar surface area (TPSA) is 57.0 Å². The lowest BCUT2D eigenvalue weighted by atomic mass is 9.99. The second kappa shape index (κ2) is 5.40. The molecule has 5 heteroatoms. The van der Waals surface area contributed by atoms with Crippen LogP contribution in [0, 0.1) is 5.92 Å². The van der Waals surface area contributed by atoms with E-state index in [0.29, 0.717) is 18.9 Å². The highest BCUT2D eigenvalue weighted by Gasteiger charge is 2.31. The maximum atomic E-state index is 12.1. The molecule has 5 nitrogen and oxygen atoms in total. The summed E-state index contributed by atoms with van der Waals surface area (Å²) in [5.41, 5.74) is 0. The Morgan fingerprint density at radius 3 is 3.12 bits per heavy atom. The molecule has 1 saturated heterocycles. The van der Waals surface area contributed by atoms with Gasteiger partial charge in [0.1, 0.15) is 18.3 Å². The molecular weight excluding hydrogens is 218 g/mol. The van der Waals surface area contributed by atoms with E-state index >= 15 is 0 Å². The summed E-state index contributed by atoms with van der Waals surface area (Å²) in [7, 11) is 0. The van der Waals surface area contributed by atoms with E-state index in [4.69, 9.17) is 4.74 Å². The summed E-state index contributed by atoms with van der Waals surface area (Å²) >= 11 is 0. The summed E-state index contributed by atoms with van der Waals surface area (Å²) in [6.07, 6.45) is 3.55. The maximum Gasteiger partial charge on any atom is 0.169 e. The third-order valence-corrected chi connectivity index (χ3v) is 3.17. The molecule has 0 spiro atoms. The van der Waals surface area contributed by atoms with Gasteiger partial charge in [-0.25, -0.2) is 9.67 Å². The molecule has 2 atom stereocenters. The molecule has 1 aliphatic heterocycles. The monoisotopic (exact) mass is 237 g/mol. The summed E-state index contributed by atoms with van der Waals surface area (Å²) in [6.45, 7) is 5.64. The van der Waals surface area contributed by atoms with Crippen LogP contribution >= 0.6 is 0 Å². The Hall–Kier alpha value is -1.23. The van der Waals surface area contributed by atoms with E-state index in [9.17, 15) is 4.79 Å². The number of aryl methyl sites for hydroxylation is 1. The van der Waals surface area contributed by atoms with Gasteiger partial charge in [0.05, 0.1) is 6.42 Å². The van der Waals surface area contributed by atoms with Crippen molar-refractivity contribution in [1.29, 1.82) is 0 Å². The van der Waals surface area contributed by atoms with E-state index in [1.807, 2.05) is 0 Å². The van der Waals surface area contributed by atoms with E-state index in [1.165, 1.54) is 6.33 Å². The van der Waals surface area contributed by atoms with E-state index in [0.717, 1.165) is 25.2 Å². The number of nitrogens with zero attached hydrogens (tertiary/aromatic N) is 3. The van der Waals surface area contributed by atoms with Crippen molar-refractivity contribution >= 4 is 5.78 Å². The second-order valence-corrected chi connectivity index (χ2v) is 4.60. The minimum absolute atomic E-state index is 0.125. The van der Waals surface area contributed by atoms with Crippen molar-refractivity contribution in [3.8, 4) is 0 Å². The Balaban J connectivity index is 2.00. The minimum atomic E-state index is -0.248. The van der Waals surface area contributed by atoms with Crippen molar-refractivity contribution in [3.63, 3.8) is 0 Å². The van der Waals surface area contributed by atoms with Crippen LogP contribution in [0.25, 0.3) is 0 Å². The first-order valence-corrected chi connectivity index (χ1v) is 6.23. The van der Waals surface area contributed by atoms with Crippen LogP contribution in [0.1, 0.15) is 32.5 Å². The zero-order valence-electron chi connectivity index (χ0n) is 10.4. The Labute approximate surface area is 101 Å². The molecule has 0 aromatic carbocycles. The van der Waals surface area contributed by atoms with Crippen LogP contribution in [0.3, 0.4) is 0 Å².